The van der Waals surface area contributed by atoms with Crippen LogP contribution in [0.5, 0.6) is 0 Å². The second-order valence-corrected chi connectivity index (χ2v) is 4.21. The number of hydrogen-bond acceptors (Lipinski definition) is 3. The molecule has 2 rings (SSSR count). The van der Waals surface area contributed by atoms with Gasteiger partial charge in [0, 0.05) is 10.5 Å². The Bertz CT molecular complexity index is 528. The molecule has 0 bridgehead atoms. The zero-order chi connectivity index (χ0) is 12.3. The van der Waals surface area contributed by atoms with Gasteiger partial charge in [0.2, 0.25) is 0 Å². The van der Waals surface area contributed by atoms with E-state index in [0.717, 1.165) is 0 Å². The third-order valence-electron chi connectivity index (χ3n) is 2.10. The first-order valence-corrected chi connectivity index (χ1v) is 5.58. The summed E-state index contributed by atoms with van der Waals surface area (Å²) in [7, 11) is 0. The molecule has 6 heteroatoms. The Kier molecular flexibility index (Phi) is 3.53. The quantitative estimate of drug-likeness (QED) is 0.947. The Balaban J connectivity index is 2.04. The number of nitrogens with one attached hydrogen (secondary N) is 1. The van der Waals surface area contributed by atoms with Crippen LogP contribution in [-0.4, -0.2) is 11.1 Å². The van der Waals surface area contributed by atoms with E-state index in [9.17, 15) is 9.18 Å². The number of aromatic nitrogens is 1. The van der Waals surface area contributed by atoms with Gasteiger partial charge >= 0.3 is 0 Å². The van der Waals surface area contributed by atoms with Crippen LogP contribution in [0.4, 0.5) is 4.39 Å². The third kappa shape index (κ3) is 2.91. The highest BCUT2D eigenvalue weighted by molar-refractivity contribution is 9.10. The molecule has 1 aromatic carbocycles. The summed E-state index contributed by atoms with van der Waals surface area (Å²) in [5, 5.41) is 6.17. The van der Waals surface area contributed by atoms with E-state index >= 15 is 0 Å². The second kappa shape index (κ2) is 5.09. The van der Waals surface area contributed by atoms with Crippen LogP contribution in [0.2, 0.25) is 0 Å². The molecule has 0 unspecified atom stereocenters. The summed E-state index contributed by atoms with van der Waals surface area (Å²) in [6.45, 7) is 0.199. The summed E-state index contributed by atoms with van der Waals surface area (Å²) < 4.78 is 18.6. The number of carbonyl (C=O) groups excluding carboxylic acids is 1. The standard InChI is InChI=1S/C11H8BrFN2O2/c12-7-1-2-9(10(13)5-7)11(16)14-6-8-3-4-17-15-8/h1-5H,6H2,(H,14,16). The number of nitrogens with zero attached hydrogens (tertiary/aromatic N) is 1. The van der Waals surface area contributed by atoms with Crippen molar-refractivity contribution in [2.45, 2.75) is 6.54 Å². The Morgan fingerprint density at radius 1 is 1.47 bits per heavy atom. The fraction of sp³-hybridized carbons (Fsp3) is 0.0909. The summed E-state index contributed by atoms with van der Waals surface area (Å²) in [4.78, 5) is 11.6. The fourth-order valence-corrected chi connectivity index (χ4v) is 1.60. The number of benzene rings is 1. The highest BCUT2D eigenvalue weighted by atomic mass is 79.9. The zero-order valence-corrected chi connectivity index (χ0v) is 10.2. The van der Waals surface area contributed by atoms with Crippen LogP contribution in [0, 0.1) is 5.82 Å². The molecule has 0 fully saturated rings. The van der Waals surface area contributed by atoms with Gasteiger partial charge in [-0.1, -0.05) is 21.1 Å². The normalized spacial score (nSPS) is 10.2. The average molecular weight is 299 g/mol. The summed E-state index contributed by atoms with van der Waals surface area (Å²) in [5.41, 5.74) is 0.576. The van der Waals surface area contributed by atoms with Gasteiger partial charge < -0.3 is 9.84 Å². The molecule has 0 saturated heterocycles. The SMILES string of the molecule is O=C(NCc1ccon1)c1ccc(Br)cc1F. The van der Waals surface area contributed by atoms with Crippen molar-refractivity contribution in [2.24, 2.45) is 0 Å². The molecule has 2 aromatic rings. The van der Waals surface area contributed by atoms with E-state index in [1.54, 1.807) is 12.1 Å². The van der Waals surface area contributed by atoms with E-state index in [4.69, 9.17) is 0 Å². The fourth-order valence-electron chi connectivity index (χ4n) is 1.27. The largest absolute Gasteiger partial charge is 0.364 e. The minimum Gasteiger partial charge on any atom is -0.364 e. The van der Waals surface area contributed by atoms with Gasteiger partial charge in [-0.25, -0.2) is 4.39 Å². The van der Waals surface area contributed by atoms with Crippen LogP contribution in [0.15, 0.2) is 39.5 Å². The van der Waals surface area contributed by atoms with Crippen molar-refractivity contribution in [3.05, 3.63) is 52.1 Å². The molecule has 4 nitrogen and oxygen atoms in total. The van der Waals surface area contributed by atoms with Crippen LogP contribution in [0.25, 0.3) is 0 Å². The molecule has 1 N–H and O–H groups in total. The summed E-state index contributed by atoms with van der Waals surface area (Å²) in [6.07, 6.45) is 1.40. The van der Waals surface area contributed by atoms with Crippen LogP contribution in [0.3, 0.4) is 0 Å². The third-order valence-corrected chi connectivity index (χ3v) is 2.59. The second-order valence-electron chi connectivity index (χ2n) is 3.30. The molecule has 0 aliphatic rings. The van der Waals surface area contributed by atoms with E-state index in [-0.39, 0.29) is 12.1 Å². The Morgan fingerprint density at radius 3 is 2.94 bits per heavy atom. The van der Waals surface area contributed by atoms with Crippen molar-refractivity contribution >= 4 is 21.8 Å². The topological polar surface area (TPSA) is 55.1 Å². The predicted molar refractivity (Wildman–Crippen MR) is 61.8 cm³/mol. The molecule has 0 radical (unpaired) electrons. The number of rotatable bonds is 3. The molecular weight excluding hydrogens is 291 g/mol. The number of carbonyl (C=O) groups is 1. The highest BCUT2D eigenvalue weighted by Crippen LogP contribution is 2.15. The van der Waals surface area contributed by atoms with Gasteiger partial charge in [0.15, 0.2) is 0 Å². The van der Waals surface area contributed by atoms with Crippen molar-refractivity contribution in [3.63, 3.8) is 0 Å². The van der Waals surface area contributed by atoms with E-state index in [0.29, 0.717) is 10.2 Å². The molecule has 17 heavy (non-hydrogen) atoms. The molecular formula is C11H8BrFN2O2. The van der Waals surface area contributed by atoms with Crippen LogP contribution < -0.4 is 5.32 Å². The van der Waals surface area contributed by atoms with Crippen molar-refractivity contribution in [3.8, 4) is 0 Å². The Hall–Kier alpha value is -1.69. The van der Waals surface area contributed by atoms with Gasteiger partial charge in [0.25, 0.3) is 5.91 Å². The van der Waals surface area contributed by atoms with Gasteiger partial charge in [-0.15, -0.1) is 0 Å². The first-order valence-electron chi connectivity index (χ1n) is 4.79. The maximum absolute atomic E-state index is 13.4. The average Bonchev–Trinajstić information content (AvgIpc) is 2.78. The Morgan fingerprint density at radius 2 is 2.29 bits per heavy atom. The van der Waals surface area contributed by atoms with Gasteiger partial charge in [-0.2, -0.15) is 0 Å². The molecule has 0 aliphatic heterocycles. The van der Waals surface area contributed by atoms with Gasteiger partial charge in [-0.05, 0) is 18.2 Å². The zero-order valence-electron chi connectivity index (χ0n) is 8.61. The lowest BCUT2D eigenvalue weighted by atomic mass is 10.2. The lowest BCUT2D eigenvalue weighted by Crippen LogP contribution is -2.23. The maximum atomic E-state index is 13.4. The summed E-state index contributed by atoms with van der Waals surface area (Å²) in [5.74, 6) is -1.06. The lowest BCUT2D eigenvalue weighted by Gasteiger charge is -2.04. The predicted octanol–water partition coefficient (Wildman–Crippen LogP) is 2.51. The maximum Gasteiger partial charge on any atom is 0.254 e. The number of amides is 1. The van der Waals surface area contributed by atoms with E-state index in [2.05, 4.69) is 30.9 Å². The molecule has 1 aromatic heterocycles. The van der Waals surface area contributed by atoms with Gasteiger partial charge in [0.1, 0.15) is 17.8 Å². The van der Waals surface area contributed by atoms with Crippen LogP contribution >= 0.6 is 15.9 Å². The van der Waals surface area contributed by atoms with Crippen LogP contribution in [0.1, 0.15) is 16.1 Å². The molecule has 1 heterocycles. The monoisotopic (exact) mass is 298 g/mol. The number of halogens is 2. The first kappa shape index (κ1) is 11.8. The molecule has 0 atom stereocenters. The molecule has 0 aliphatic carbocycles. The summed E-state index contributed by atoms with van der Waals surface area (Å²) in [6, 6.07) is 5.88. The van der Waals surface area contributed by atoms with Gasteiger partial charge in [0.05, 0.1) is 12.1 Å². The van der Waals surface area contributed by atoms with Crippen molar-refractivity contribution in [2.75, 3.05) is 0 Å². The van der Waals surface area contributed by atoms with E-state index < -0.39 is 11.7 Å². The lowest BCUT2D eigenvalue weighted by molar-refractivity contribution is 0.0946. The van der Waals surface area contributed by atoms with E-state index in [1.807, 2.05) is 0 Å². The Labute approximate surface area is 105 Å². The summed E-state index contributed by atoms with van der Waals surface area (Å²) >= 11 is 3.12. The molecule has 1 amide bonds. The smallest absolute Gasteiger partial charge is 0.254 e. The van der Waals surface area contributed by atoms with Gasteiger partial charge in [-0.3, -0.25) is 4.79 Å². The number of hydrogen-bond donors (Lipinski definition) is 1. The highest BCUT2D eigenvalue weighted by Gasteiger charge is 2.11. The van der Waals surface area contributed by atoms with Crippen molar-refractivity contribution in [1.82, 2.24) is 10.5 Å². The van der Waals surface area contributed by atoms with Crippen molar-refractivity contribution in [1.29, 1.82) is 0 Å². The molecule has 88 valence electrons. The minimum atomic E-state index is -0.572. The molecule has 0 saturated carbocycles. The van der Waals surface area contributed by atoms with Crippen molar-refractivity contribution < 1.29 is 13.7 Å². The first-order chi connectivity index (χ1) is 8.16. The van der Waals surface area contributed by atoms with E-state index in [1.165, 1.54) is 18.4 Å². The molecule has 0 spiro atoms. The van der Waals surface area contributed by atoms with Crippen LogP contribution in [-0.2, 0) is 6.54 Å². The minimum absolute atomic E-state index is 0.00306.